The van der Waals surface area contributed by atoms with Crippen molar-refractivity contribution in [1.82, 2.24) is 0 Å². The van der Waals surface area contributed by atoms with Crippen LogP contribution in [0.3, 0.4) is 0 Å². The molecule has 4 heteroatoms. The monoisotopic (exact) mass is 194 g/mol. The van der Waals surface area contributed by atoms with Crippen molar-refractivity contribution in [3.8, 4) is 12.0 Å². The van der Waals surface area contributed by atoms with Crippen LogP contribution in [-0.2, 0) is 0 Å². The van der Waals surface area contributed by atoms with Crippen molar-refractivity contribution in [3.05, 3.63) is 0 Å². The molecule has 0 saturated carbocycles. The van der Waals surface area contributed by atoms with Crippen LogP contribution in [0.2, 0.25) is 18.1 Å². The van der Waals surface area contributed by atoms with Gasteiger partial charge in [0.2, 0.25) is 0 Å². The van der Waals surface area contributed by atoms with Gasteiger partial charge in [-0.05, 0) is 12.1 Å². The average molecular weight is 194 g/mol. The molecule has 0 N–H and O–H groups in total. The summed E-state index contributed by atoms with van der Waals surface area (Å²) < 4.78 is 36.2. The maximum Gasteiger partial charge on any atom is 0.387 e. The van der Waals surface area contributed by atoms with Gasteiger partial charge in [-0.25, -0.2) is 0 Å². The maximum absolute atomic E-state index is 12.1. The molecule has 0 nitrogen and oxygen atoms in total. The summed E-state index contributed by atoms with van der Waals surface area (Å²) in [7, 11) is -2.45. The van der Waals surface area contributed by atoms with E-state index in [9.17, 15) is 13.2 Å². The fourth-order valence-electron chi connectivity index (χ4n) is 1.14. The van der Waals surface area contributed by atoms with Gasteiger partial charge in [0, 0.05) is 0 Å². The Labute approximate surface area is 72.2 Å². The maximum atomic E-state index is 12.1. The Morgan fingerprint density at radius 1 is 1.25 bits per heavy atom. The van der Waals surface area contributed by atoms with E-state index in [1.165, 1.54) is 0 Å². The van der Waals surface area contributed by atoms with Gasteiger partial charge in [-0.1, -0.05) is 13.8 Å². The van der Waals surface area contributed by atoms with E-state index in [4.69, 9.17) is 6.42 Å². The number of hydrogen-bond acceptors (Lipinski definition) is 0. The summed E-state index contributed by atoms with van der Waals surface area (Å²) in [5.41, 5.74) is 2.39. The molecule has 0 atom stereocenters. The zero-order chi connectivity index (χ0) is 9.83. The zero-order valence-electron chi connectivity index (χ0n) is 7.33. The van der Waals surface area contributed by atoms with Crippen LogP contribution >= 0.6 is 0 Å². The van der Waals surface area contributed by atoms with Crippen LogP contribution in [0.5, 0.6) is 0 Å². The van der Waals surface area contributed by atoms with Gasteiger partial charge in [0.25, 0.3) is 0 Å². The molecule has 0 bridgehead atoms. The Hall–Kier alpha value is -0.433. The molecule has 0 unspecified atom stereocenters. The minimum absolute atomic E-state index is 0.513. The molecule has 0 aliphatic rings. The fraction of sp³-hybridized carbons (Fsp3) is 0.750. The predicted octanol–water partition coefficient (Wildman–Crippen LogP) is 3.21. The zero-order valence-corrected chi connectivity index (χ0v) is 8.33. The summed E-state index contributed by atoms with van der Waals surface area (Å²) in [6, 6.07) is 0.294. The second-order valence-corrected chi connectivity index (χ2v) is 7.54. The Bertz CT molecular complexity index is 174. The van der Waals surface area contributed by atoms with Crippen molar-refractivity contribution >= 4 is 8.07 Å². The summed E-state index contributed by atoms with van der Waals surface area (Å²) in [4.78, 5) is 0. The molecular formula is C8H13F3Si. The third-order valence-corrected chi connectivity index (χ3v) is 6.60. The van der Waals surface area contributed by atoms with Gasteiger partial charge in [0.1, 0.15) is 8.07 Å². The van der Waals surface area contributed by atoms with E-state index in [-0.39, 0.29) is 0 Å². The predicted molar refractivity (Wildman–Crippen MR) is 46.4 cm³/mol. The highest BCUT2D eigenvalue weighted by atomic mass is 28.3. The lowest BCUT2D eigenvalue weighted by Crippen LogP contribution is -2.36. The number of rotatable bonds is 3. The molecule has 0 spiro atoms. The second kappa shape index (κ2) is 3.99. The number of terminal acetylenes is 1. The first-order valence-corrected chi connectivity index (χ1v) is 6.56. The van der Waals surface area contributed by atoms with Crippen molar-refractivity contribution in [2.24, 2.45) is 0 Å². The number of halogens is 3. The van der Waals surface area contributed by atoms with E-state index in [0.717, 1.165) is 0 Å². The summed E-state index contributed by atoms with van der Waals surface area (Å²) in [6.07, 6.45) is 1.06. The molecule has 0 saturated heterocycles. The standard InChI is InChI=1S/C8H13F3Si/c1-4-12(5-2,6-3)7-8(9,10)11/h1H,5-7H2,2-3H3. The Morgan fingerprint density at radius 3 is 1.75 bits per heavy atom. The van der Waals surface area contributed by atoms with Gasteiger partial charge in [-0.15, -0.1) is 12.0 Å². The molecule has 0 amide bonds. The Balaban J connectivity index is 4.45. The van der Waals surface area contributed by atoms with E-state index < -0.39 is 20.3 Å². The van der Waals surface area contributed by atoms with Gasteiger partial charge >= 0.3 is 6.18 Å². The molecular weight excluding hydrogens is 181 g/mol. The molecule has 70 valence electrons. The first kappa shape index (κ1) is 11.6. The largest absolute Gasteiger partial charge is 0.387 e. The van der Waals surface area contributed by atoms with Crippen LogP contribution in [0.4, 0.5) is 13.2 Å². The average Bonchev–Trinajstić information content (AvgIpc) is 1.99. The van der Waals surface area contributed by atoms with E-state index in [1.54, 1.807) is 13.8 Å². The summed E-state index contributed by atoms with van der Waals surface area (Å²) in [5.74, 6) is 0. The van der Waals surface area contributed by atoms with Gasteiger partial charge < -0.3 is 0 Å². The molecule has 0 aromatic carbocycles. The van der Waals surface area contributed by atoms with Gasteiger partial charge in [0.15, 0.2) is 0 Å². The van der Waals surface area contributed by atoms with Crippen molar-refractivity contribution in [2.45, 2.75) is 38.2 Å². The van der Waals surface area contributed by atoms with Crippen LogP contribution in [0, 0.1) is 12.0 Å². The Kier molecular flexibility index (Phi) is 3.85. The van der Waals surface area contributed by atoms with Crippen LogP contribution < -0.4 is 0 Å². The molecule has 0 aromatic rings. The van der Waals surface area contributed by atoms with Crippen LogP contribution in [0.15, 0.2) is 0 Å². The first-order chi connectivity index (χ1) is 5.39. The minimum atomic E-state index is -4.09. The van der Waals surface area contributed by atoms with Crippen molar-refractivity contribution in [3.63, 3.8) is 0 Å². The first-order valence-electron chi connectivity index (χ1n) is 3.93. The summed E-state index contributed by atoms with van der Waals surface area (Å²) >= 11 is 0. The van der Waals surface area contributed by atoms with E-state index in [0.29, 0.717) is 12.1 Å². The van der Waals surface area contributed by atoms with E-state index in [1.807, 2.05) is 0 Å². The normalized spacial score (nSPS) is 12.7. The second-order valence-electron chi connectivity index (χ2n) is 2.92. The van der Waals surface area contributed by atoms with Crippen LogP contribution in [0.1, 0.15) is 13.8 Å². The molecule has 12 heavy (non-hydrogen) atoms. The number of hydrogen-bond donors (Lipinski definition) is 0. The lowest BCUT2D eigenvalue weighted by molar-refractivity contribution is -0.111. The summed E-state index contributed by atoms with van der Waals surface area (Å²) in [5, 5.41) is 0. The van der Waals surface area contributed by atoms with E-state index in [2.05, 4.69) is 5.54 Å². The highest BCUT2D eigenvalue weighted by molar-refractivity contribution is 6.87. The van der Waals surface area contributed by atoms with Crippen LogP contribution in [0.25, 0.3) is 0 Å². The van der Waals surface area contributed by atoms with Gasteiger partial charge in [-0.2, -0.15) is 13.2 Å². The highest BCUT2D eigenvalue weighted by Gasteiger charge is 2.40. The highest BCUT2D eigenvalue weighted by Crippen LogP contribution is 2.31. The molecule has 0 aliphatic heterocycles. The lowest BCUT2D eigenvalue weighted by Gasteiger charge is -2.23. The van der Waals surface area contributed by atoms with Gasteiger partial charge in [-0.3, -0.25) is 0 Å². The molecule has 0 heterocycles. The third-order valence-electron chi connectivity index (χ3n) is 2.20. The fourth-order valence-corrected chi connectivity index (χ4v) is 3.42. The quantitative estimate of drug-likeness (QED) is 0.478. The van der Waals surface area contributed by atoms with Gasteiger partial charge in [0.05, 0.1) is 6.04 Å². The minimum Gasteiger partial charge on any atom is -0.171 e. The van der Waals surface area contributed by atoms with Crippen molar-refractivity contribution in [2.75, 3.05) is 0 Å². The van der Waals surface area contributed by atoms with E-state index >= 15 is 0 Å². The lowest BCUT2D eigenvalue weighted by atomic mass is 10.8. The molecule has 0 radical (unpaired) electrons. The molecule has 0 aromatic heterocycles. The number of alkyl halides is 3. The van der Waals surface area contributed by atoms with Crippen LogP contribution in [-0.4, -0.2) is 14.3 Å². The molecule has 0 aliphatic carbocycles. The topological polar surface area (TPSA) is 0 Å². The SMILES string of the molecule is C#C[Si](CC)(CC)CC(F)(F)F. The molecule has 0 fully saturated rings. The third kappa shape index (κ3) is 3.31. The van der Waals surface area contributed by atoms with Crippen molar-refractivity contribution in [1.29, 1.82) is 0 Å². The van der Waals surface area contributed by atoms with Crippen molar-refractivity contribution < 1.29 is 13.2 Å². The summed E-state index contributed by atoms with van der Waals surface area (Å²) in [6.45, 7) is 3.50. The molecule has 0 rings (SSSR count). The smallest absolute Gasteiger partial charge is 0.171 e. The Morgan fingerprint density at radius 2 is 1.67 bits per heavy atom.